The topological polar surface area (TPSA) is 117 Å². The number of carbonyl (C=O) groups is 3. The molecule has 0 fully saturated rings. The molecule has 3 aromatic carbocycles. The number of anilines is 1. The van der Waals surface area contributed by atoms with Crippen LogP contribution in [0.25, 0.3) is 11.1 Å². The summed E-state index contributed by atoms with van der Waals surface area (Å²) in [5, 5.41) is 17.5. The maximum atomic E-state index is 13.0. The number of aliphatic hydroxyl groups is 1. The average Bonchev–Trinajstić information content (AvgIpc) is 3.24. The monoisotopic (exact) mass is 529 g/mol. The van der Waals surface area contributed by atoms with Gasteiger partial charge in [-0.3, -0.25) is 9.59 Å². The number of amides is 3. The summed E-state index contributed by atoms with van der Waals surface area (Å²) in [7, 11) is 0. The van der Waals surface area contributed by atoms with Gasteiger partial charge in [-0.2, -0.15) is 0 Å². The van der Waals surface area contributed by atoms with E-state index in [0.29, 0.717) is 5.69 Å². The molecule has 3 aromatic rings. The fourth-order valence-corrected chi connectivity index (χ4v) is 4.87. The lowest BCUT2D eigenvalue weighted by molar-refractivity contribution is -0.128. The third-order valence-corrected chi connectivity index (χ3v) is 7.10. The lowest BCUT2D eigenvalue weighted by Gasteiger charge is -2.24. The molecule has 0 heterocycles. The summed E-state index contributed by atoms with van der Waals surface area (Å²) in [6.07, 6.45) is -0.692. The Kier molecular flexibility index (Phi) is 8.66. The Bertz CT molecular complexity index is 1320. The zero-order chi connectivity index (χ0) is 28.1. The highest BCUT2D eigenvalue weighted by Crippen LogP contribution is 2.44. The van der Waals surface area contributed by atoms with Gasteiger partial charge in [0.15, 0.2) is 0 Å². The Morgan fingerprint density at radius 2 is 1.49 bits per heavy atom. The minimum Gasteiger partial charge on any atom is -0.449 e. The third kappa shape index (κ3) is 6.29. The first-order valence-electron chi connectivity index (χ1n) is 13.1. The van der Waals surface area contributed by atoms with Gasteiger partial charge in [-0.15, -0.1) is 0 Å². The molecule has 8 heteroatoms. The average molecular weight is 530 g/mol. The van der Waals surface area contributed by atoms with Crippen molar-refractivity contribution in [3.8, 4) is 11.1 Å². The van der Waals surface area contributed by atoms with E-state index in [1.54, 1.807) is 25.1 Å². The number of hydrogen-bond donors (Lipinski definition) is 4. The van der Waals surface area contributed by atoms with Crippen molar-refractivity contribution in [2.45, 2.75) is 52.3 Å². The van der Waals surface area contributed by atoms with Crippen LogP contribution in [-0.2, 0) is 20.9 Å². The summed E-state index contributed by atoms with van der Waals surface area (Å²) in [4.78, 5) is 38.5. The largest absolute Gasteiger partial charge is 0.449 e. The molecule has 0 spiro atoms. The Hall–Kier alpha value is -4.17. The van der Waals surface area contributed by atoms with Gasteiger partial charge in [-0.25, -0.2) is 4.79 Å². The standard InChI is InChI=1S/C31H35N3O5/c1-18(2)28(30(37)32-20(4)29(36)33-22-14-13-21(16-35)19(3)15-22)34-31(38)39-17-27-25-11-7-5-9-23(25)24-10-6-8-12-26(24)27/h5-15,18,20,27-28,35H,16-17H2,1-4H3,(H,32,37)(H,33,36)(H,34,38)/t20-,28-/m0/s1. The second kappa shape index (κ2) is 12.1. The Morgan fingerprint density at radius 1 is 0.872 bits per heavy atom. The van der Waals surface area contributed by atoms with Crippen LogP contribution >= 0.6 is 0 Å². The number of ether oxygens (including phenoxy) is 1. The van der Waals surface area contributed by atoms with E-state index in [1.807, 2.05) is 57.2 Å². The van der Waals surface area contributed by atoms with Gasteiger partial charge in [0.1, 0.15) is 18.7 Å². The van der Waals surface area contributed by atoms with Crippen LogP contribution in [0.5, 0.6) is 0 Å². The van der Waals surface area contributed by atoms with Gasteiger partial charge >= 0.3 is 6.09 Å². The van der Waals surface area contributed by atoms with Crippen molar-refractivity contribution < 1.29 is 24.2 Å². The number of aliphatic hydroxyl groups excluding tert-OH is 1. The van der Waals surface area contributed by atoms with Gasteiger partial charge in [0.25, 0.3) is 0 Å². The van der Waals surface area contributed by atoms with Crippen LogP contribution in [0.4, 0.5) is 10.5 Å². The summed E-state index contributed by atoms with van der Waals surface area (Å²) in [6.45, 7) is 7.09. The molecule has 4 rings (SSSR count). The molecular formula is C31H35N3O5. The normalized spacial score (nSPS) is 13.7. The fraction of sp³-hybridized carbons (Fsp3) is 0.323. The molecule has 0 saturated heterocycles. The molecule has 204 valence electrons. The molecule has 8 nitrogen and oxygen atoms in total. The van der Waals surface area contributed by atoms with E-state index in [2.05, 4.69) is 28.1 Å². The first-order valence-corrected chi connectivity index (χ1v) is 13.1. The summed E-state index contributed by atoms with van der Waals surface area (Å²) in [5.41, 5.74) is 6.65. The molecule has 1 aliphatic rings. The van der Waals surface area contributed by atoms with Crippen LogP contribution in [0.2, 0.25) is 0 Å². The first kappa shape index (κ1) is 27.9. The minimum absolute atomic E-state index is 0.0835. The van der Waals surface area contributed by atoms with Crippen molar-refractivity contribution in [2.75, 3.05) is 11.9 Å². The number of benzene rings is 3. The van der Waals surface area contributed by atoms with Crippen molar-refractivity contribution in [3.05, 3.63) is 89.0 Å². The van der Waals surface area contributed by atoms with E-state index >= 15 is 0 Å². The number of aryl methyl sites for hydroxylation is 1. The minimum atomic E-state index is -0.887. The summed E-state index contributed by atoms with van der Waals surface area (Å²) in [5.74, 6) is -1.21. The molecule has 39 heavy (non-hydrogen) atoms. The third-order valence-electron chi connectivity index (χ3n) is 7.10. The van der Waals surface area contributed by atoms with Gasteiger partial charge in [0.2, 0.25) is 11.8 Å². The molecule has 2 atom stereocenters. The van der Waals surface area contributed by atoms with Gasteiger partial charge < -0.3 is 25.8 Å². The van der Waals surface area contributed by atoms with Crippen LogP contribution in [0.1, 0.15) is 48.9 Å². The van der Waals surface area contributed by atoms with E-state index < -0.39 is 30.0 Å². The predicted molar refractivity (Wildman–Crippen MR) is 150 cm³/mol. The summed E-state index contributed by atoms with van der Waals surface area (Å²) in [6, 6.07) is 19.6. The van der Waals surface area contributed by atoms with E-state index in [-0.39, 0.29) is 25.0 Å². The van der Waals surface area contributed by atoms with Crippen LogP contribution in [-0.4, -0.2) is 41.7 Å². The summed E-state index contributed by atoms with van der Waals surface area (Å²) < 4.78 is 5.60. The smallest absolute Gasteiger partial charge is 0.407 e. The highest BCUT2D eigenvalue weighted by Gasteiger charge is 2.31. The molecular weight excluding hydrogens is 494 g/mol. The quantitative estimate of drug-likeness (QED) is 0.326. The van der Waals surface area contributed by atoms with E-state index in [1.165, 1.54) is 0 Å². The van der Waals surface area contributed by atoms with Crippen molar-refractivity contribution >= 4 is 23.6 Å². The highest BCUT2D eigenvalue weighted by atomic mass is 16.5. The van der Waals surface area contributed by atoms with E-state index in [9.17, 15) is 19.5 Å². The number of alkyl carbamates (subject to hydrolysis) is 1. The van der Waals surface area contributed by atoms with E-state index in [4.69, 9.17) is 4.74 Å². The number of carbonyl (C=O) groups excluding carboxylic acids is 3. The molecule has 0 bridgehead atoms. The van der Waals surface area contributed by atoms with Gasteiger partial charge in [0.05, 0.1) is 6.61 Å². The lowest BCUT2D eigenvalue weighted by atomic mass is 9.98. The summed E-state index contributed by atoms with van der Waals surface area (Å²) >= 11 is 0. The SMILES string of the molecule is Cc1cc(NC(=O)[C@H](C)NC(=O)[C@@H](NC(=O)OCC2c3ccccc3-c3ccccc32)C(C)C)ccc1CO. The zero-order valence-electron chi connectivity index (χ0n) is 22.7. The first-order chi connectivity index (χ1) is 18.7. The Labute approximate surface area is 228 Å². The van der Waals surface area contributed by atoms with Crippen molar-refractivity contribution in [1.29, 1.82) is 0 Å². The van der Waals surface area contributed by atoms with Crippen molar-refractivity contribution in [3.63, 3.8) is 0 Å². The second-order valence-corrected chi connectivity index (χ2v) is 10.2. The number of rotatable bonds is 9. The maximum absolute atomic E-state index is 13.0. The fourth-order valence-electron chi connectivity index (χ4n) is 4.87. The number of hydrogen-bond acceptors (Lipinski definition) is 5. The zero-order valence-corrected chi connectivity index (χ0v) is 22.7. The molecule has 0 aliphatic heterocycles. The lowest BCUT2D eigenvalue weighted by Crippen LogP contribution is -2.53. The van der Waals surface area contributed by atoms with Gasteiger partial charge in [-0.05, 0) is 65.3 Å². The van der Waals surface area contributed by atoms with Crippen molar-refractivity contribution in [2.24, 2.45) is 5.92 Å². The molecule has 3 amide bonds. The second-order valence-electron chi connectivity index (χ2n) is 10.2. The van der Waals surface area contributed by atoms with Crippen molar-refractivity contribution in [1.82, 2.24) is 10.6 Å². The number of nitrogens with one attached hydrogen (secondary N) is 3. The molecule has 0 saturated carbocycles. The molecule has 0 radical (unpaired) electrons. The molecule has 0 aromatic heterocycles. The Balaban J connectivity index is 1.34. The molecule has 0 unspecified atom stereocenters. The van der Waals surface area contributed by atoms with Gasteiger partial charge in [0, 0.05) is 11.6 Å². The van der Waals surface area contributed by atoms with E-state index in [0.717, 1.165) is 33.4 Å². The Morgan fingerprint density at radius 3 is 2.05 bits per heavy atom. The van der Waals surface area contributed by atoms with Crippen LogP contribution in [0.3, 0.4) is 0 Å². The maximum Gasteiger partial charge on any atom is 0.407 e. The number of fused-ring (bicyclic) bond motifs is 3. The molecule has 1 aliphatic carbocycles. The predicted octanol–water partition coefficient (Wildman–Crippen LogP) is 4.49. The van der Waals surface area contributed by atoms with Crippen LogP contribution < -0.4 is 16.0 Å². The molecule has 4 N–H and O–H groups in total. The highest BCUT2D eigenvalue weighted by molar-refractivity contribution is 5.98. The van der Waals surface area contributed by atoms with Crippen LogP contribution in [0, 0.1) is 12.8 Å². The van der Waals surface area contributed by atoms with Crippen LogP contribution in [0.15, 0.2) is 66.7 Å². The van der Waals surface area contributed by atoms with Gasteiger partial charge in [-0.1, -0.05) is 68.4 Å².